The van der Waals surface area contributed by atoms with E-state index in [0.717, 1.165) is 17.2 Å². The van der Waals surface area contributed by atoms with Crippen molar-refractivity contribution in [2.45, 2.75) is 20.4 Å². The maximum Gasteiger partial charge on any atom is 0.357 e. The summed E-state index contributed by atoms with van der Waals surface area (Å²) in [5, 5.41) is 6.65. The Labute approximate surface area is 115 Å². The lowest BCUT2D eigenvalue weighted by atomic mass is 10.3. The lowest BCUT2D eigenvalue weighted by Crippen LogP contribution is -2.04. The smallest absolute Gasteiger partial charge is 0.357 e. The molecule has 0 fully saturated rings. The largest absolute Gasteiger partial charge is 0.461 e. The summed E-state index contributed by atoms with van der Waals surface area (Å²) < 4.78 is 6.78. The van der Waals surface area contributed by atoms with Crippen LogP contribution in [0.2, 0.25) is 0 Å². The standard InChI is InChI=1S/C13H15N3O2S/c1-3-16-10(7-8-14-16)5-6-12-15-11(9-19-12)13(17)18-4-2/h5-9H,3-4H2,1-2H3. The zero-order chi connectivity index (χ0) is 13.7. The molecule has 0 unspecified atom stereocenters. The van der Waals surface area contributed by atoms with Crippen LogP contribution in [0, 0.1) is 0 Å². The van der Waals surface area contributed by atoms with Gasteiger partial charge >= 0.3 is 5.97 Å². The molecule has 0 aliphatic carbocycles. The number of hydrogen-bond acceptors (Lipinski definition) is 5. The number of aromatic nitrogens is 3. The quantitative estimate of drug-likeness (QED) is 0.788. The lowest BCUT2D eigenvalue weighted by Gasteiger charge is -1.97. The fourth-order valence-corrected chi connectivity index (χ4v) is 2.25. The number of thiazole rings is 1. The Hall–Kier alpha value is -1.95. The molecule has 0 aliphatic heterocycles. The summed E-state index contributed by atoms with van der Waals surface area (Å²) in [4.78, 5) is 15.7. The minimum atomic E-state index is -0.378. The highest BCUT2D eigenvalue weighted by atomic mass is 32.1. The minimum absolute atomic E-state index is 0.357. The number of hydrogen-bond donors (Lipinski definition) is 0. The summed E-state index contributed by atoms with van der Waals surface area (Å²) in [6, 6.07) is 1.93. The number of carbonyl (C=O) groups excluding carboxylic acids is 1. The van der Waals surface area contributed by atoms with Crippen molar-refractivity contribution in [2.24, 2.45) is 0 Å². The molecule has 19 heavy (non-hydrogen) atoms. The molecule has 0 amide bonds. The van der Waals surface area contributed by atoms with E-state index in [0.29, 0.717) is 12.3 Å². The van der Waals surface area contributed by atoms with Gasteiger partial charge in [-0.2, -0.15) is 5.10 Å². The van der Waals surface area contributed by atoms with Gasteiger partial charge in [0.15, 0.2) is 5.69 Å². The van der Waals surface area contributed by atoms with Gasteiger partial charge in [-0.15, -0.1) is 11.3 Å². The first-order chi connectivity index (χ1) is 9.24. The zero-order valence-corrected chi connectivity index (χ0v) is 11.7. The summed E-state index contributed by atoms with van der Waals surface area (Å²) in [5.74, 6) is -0.378. The van der Waals surface area contributed by atoms with Crippen molar-refractivity contribution >= 4 is 29.5 Å². The molecular formula is C13H15N3O2S. The summed E-state index contributed by atoms with van der Waals surface area (Å²) >= 11 is 1.41. The molecule has 2 rings (SSSR count). The van der Waals surface area contributed by atoms with Crippen molar-refractivity contribution < 1.29 is 9.53 Å². The maximum absolute atomic E-state index is 11.5. The third-order valence-electron chi connectivity index (χ3n) is 2.45. The second kappa shape index (κ2) is 6.29. The maximum atomic E-state index is 11.5. The van der Waals surface area contributed by atoms with E-state index in [-0.39, 0.29) is 5.97 Å². The van der Waals surface area contributed by atoms with Crippen molar-refractivity contribution in [3.8, 4) is 0 Å². The van der Waals surface area contributed by atoms with Gasteiger partial charge in [0.2, 0.25) is 0 Å². The van der Waals surface area contributed by atoms with E-state index in [1.807, 2.05) is 29.8 Å². The molecule has 2 heterocycles. The first kappa shape index (κ1) is 13.5. The van der Waals surface area contributed by atoms with Gasteiger partial charge in [0.1, 0.15) is 5.01 Å². The average molecular weight is 277 g/mol. The Morgan fingerprint density at radius 2 is 2.32 bits per heavy atom. The fraction of sp³-hybridized carbons (Fsp3) is 0.308. The second-order valence-electron chi connectivity index (χ2n) is 3.70. The van der Waals surface area contributed by atoms with E-state index in [1.54, 1.807) is 18.5 Å². The molecule has 0 bridgehead atoms. The normalized spacial score (nSPS) is 11.1. The van der Waals surface area contributed by atoms with E-state index in [1.165, 1.54) is 11.3 Å². The average Bonchev–Trinajstić information content (AvgIpc) is 3.05. The monoisotopic (exact) mass is 277 g/mol. The number of ether oxygens (including phenoxy) is 1. The first-order valence-electron chi connectivity index (χ1n) is 6.07. The zero-order valence-electron chi connectivity index (χ0n) is 10.9. The molecule has 0 radical (unpaired) electrons. The second-order valence-corrected chi connectivity index (χ2v) is 4.59. The summed E-state index contributed by atoms with van der Waals surface area (Å²) in [6.45, 7) is 4.99. The van der Waals surface area contributed by atoms with Gasteiger partial charge in [-0.05, 0) is 32.1 Å². The molecule has 100 valence electrons. The molecule has 0 saturated carbocycles. The molecule has 0 N–H and O–H groups in total. The predicted molar refractivity (Wildman–Crippen MR) is 74.9 cm³/mol. The highest BCUT2D eigenvalue weighted by Crippen LogP contribution is 2.14. The Bertz CT molecular complexity index is 586. The number of carbonyl (C=O) groups is 1. The van der Waals surface area contributed by atoms with Crippen molar-refractivity contribution in [1.29, 1.82) is 0 Å². The molecule has 0 atom stereocenters. The van der Waals surface area contributed by atoms with Crippen LogP contribution in [0.15, 0.2) is 17.6 Å². The molecule has 6 heteroatoms. The predicted octanol–water partition coefficient (Wildman–Crippen LogP) is 2.71. The van der Waals surface area contributed by atoms with Crippen LogP contribution < -0.4 is 0 Å². The van der Waals surface area contributed by atoms with Crippen molar-refractivity contribution in [3.63, 3.8) is 0 Å². The number of aryl methyl sites for hydroxylation is 1. The summed E-state index contributed by atoms with van der Waals surface area (Å²) in [6.07, 6.45) is 5.57. The van der Waals surface area contributed by atoms with E-state index < -0.39 is 0 Å². The summed E-state index contributed by atoms with van der Waals surface area (Å²) in [7, 11) is 0. The topological polar surface area (TPSA) is 57.0 Å². The molecule has 0 spiro atoms. The van der Waals surface area contributed by atoms with Gasteiger partial charge in [-0.3, -0.25) is 4.68 Å². The first-order valence-corrected chi connectivity index (χ1v) is 6.95. The van der Waals surface area contributed by atoms with Crippen LogP contribution in [0.4, 0.5) is 0 Å². The summed E-state index contributed by atoms with van der Waals surface area (Å²) in [5.41, 5.74) is 1.37. The van der Waals surface area contributed by atoms with Crippen LogP contribution in [0.5, 0.6) is 0 Å². The van der Waals surface area contributed by atoms with E-state index in [9.17, 15) is 4.79 Å². The Balaban J connectivity index is 2.10. The highest BCUT2D eigenvalue weighted by Gasteiger charge is 2.10. The lowest BCUT2D eigenvalue weighted by molar-refractivity contribution is 0.0520. The Morgan fingerprint density at radius 1 is 1.47 bits per heavy atom. The molecule has 0 saturated heterocycles. The van der Waals surface area contributed by atoms with Gasteiger partial charge in [0.25, 0.3) is 0 Å². The Kier molecular flexibility index (Phi) is 4.46. The van der Waals surface area contributed by atoms with Crippen molar-refractivity contribution in [1.82, 2.24) is 14.8 Å². The third kappa shape index (κ3) is 3.29. The molecule has 0 aliphatic rings. The van der Waals surface area contributed by atoms with Gasteiger partial charge in [0, 0.05) is 18.1 Å². The van der Waals surface area contributed by atoms with Gasteiger partial charge < -0.3 is 4.74 Å². The number of esters is 1. The molecule has 5 nitrogen and oxygen atoms in total. The molecule has 2 aromatic heterocycles. The van der Waals surface area contributed by atoms with E-state index in [2.05, 4.69) is 10.1 Å². The molecular weight excluding hydrogens is 262 g/mol. The van der Waals surface area contributed by atoms with Crippen LogP contribution in [-0.2, 0) is 11.3 Å². The van der Waals surface area contributed by atoms with Crippen LogP contribution in [0.1, 0.15) is 35.0 Å². The molecule has 0 aromatic carbocycles. The minimum Gasteiger partial charge on any atom is -0.461 e. The van der Waals surface area contributed by atoms with Gasteiger partial charge in [-0.1, -0.05) is 0 Å². The van der Waals surface area contributed by atoms with Crippen molar-refractivity contribution in [3.05, 3.63) is 34.0 Å². The van der Waals surface area contributed by atoms with Crippen LogP contribution >= 0.6 is 11.3 Å². The van der Waals surface area contributed by atoms with Crippen LogP contribution in [0.25, 0.3) is 12.2 Å². The number of rotatable bonds is 5. The fourth-order valence-electron chi connectivity index (χ4n) is 1.57. The van der Waals surface area contributed by atoms with Crippen molar-refractivity contribution in [2.75, 3.05) is 6.61 Å². The van der Waals surface area contributed by atoms with Gasteiger partial charge in [-0.25, -0.2) is 9.78 Å². The van der Waals surface area contributed by atoms with Crippen LogP contribution in [0.3, 0.4) is 0 Å². The van der Waals surface area contributed by atoms with E-state index >= 15 is 0 Å². The Morgan fingerprint density at radius 3 is 3.05 bits per heavy atom. The number of nitrogens with zero attached hydrogens (tertiary/aromatic N) is 3. The van der Waals surface area contributed by atoms with E-state index in [4.69, 9.17) is 4.74 Å². The SMILES string of the molecule is CCOC(=O)c1csc(C=Cc2ccnn2CC)n1. The third-order valence-corrected chi connectivity index (χ3v) is 3.26. The highest BCUT2D eigenvalue weighted by molar-refractivity contribution is 7.10. The van der Waals surface area contributed by atoms with Crippen LogP contribution in [-0.4, -0.2) is 27.3 Å². The molecule has 2 aromatic rings. The van der Waals surface area contributed by atoms with Gasteiger partial charge in [0.05, 0.1) is 12.3 Å².